The van der Waals surface area contributed by atoms with Crippen molar-refractivity contribution in [2.75, 3.05) is 13.1 Å². The summed E-state index contributed by atoms with van der Waals surface area (Å²) in [7, 11) is -3.65. The molecule has 8 heteroatoms. The van der Waals surface area contributed by atoms with E-state index in [1.54, 1.807) is 12.1 Å². The molecule has 1 aliphatic rings. The van der Waals surface area contributed by atoms with E-state index in [9.17, 15) is 13.2 Å². The summed E-state index contributed by atoms with van der Waals surface area (Å²) < 4.78 is 26.7. The molecule has 0 radical (unpaired) electrons. The molecule has 0 spiro atoms. The molecule has 0 saturated heterocycles. The topological polar surface area (TPSA) is 101 Å². The highest BCUT2D eigenvalue weighted by Crippen LogP contribution is 2.24. The molecule has 1 aromatic carbocycles. The summed E-state index contributed by atoms with van der Waals surface area (Å²) in [6.45, 7) is 4.17. The molecule has 6 nitrogen and oxygen atoms in total. The van der Waals surface area contributed by atoms with E-state index >= 15 is 0 Å². The van der Waals surface area contributed by atoms with Crippen molar-refractivity contribution < 1.29 is 13.2 Å². The second kappa shape index (κ2) is 9.91. The van der Waals surface area contributed by atoms with Gasteiger partial charge in [0.25, 0.3) is 5.91 Å². The number of carbonyl (C=O) groups excluding carboxylic acids is 1. The third kappa shape index (κ3) is 5.81. The van der Waals surface area contributed by atoms with E-state index in [2.05, 4.69) is 16.6 Å². The molecule has 0 aromatic heterocycles. The van der Waals surface area contributed by atoms with Gasteiger partial charge in [-0.25, -0.2) is 13.1 Å². The van der Waals surface area contributed by atoms with Crippen molar-refractivity contribution in [3.63, 3.8) is 0 Å². The molecule has 1 aromatic rings. The Labute approximate surface area is 155 Å². The molecule has 1 aliphatic carbocycles. The lowest BCUT2D eigenvalue weighted by molar-refractivity contribution is 0.0908. The molecular formula is C17H26ClN3O3S. The molecule has 0 bridgehead atoms. The lowest BCUT2D eigenvalue weighted by Crippen LogP contribution is -2.44. The number of hydrogen-bond donors (Lipinski definition) is 3. The van der Waals surface area contributed by atoms with Crippen LogP contribution < -0.4 is 15.8 Å². The number of rotatable bonds is 7. The smallest absolute Gasteiger partial charge is 0.251 e. The van der Waals surface area contributed by atoms with E-state index in [0.29, 0.717) is 12.1 Å². The van der Waals surface area contributed by atoms with E-state index in [1.165, 1.54) is 18.2 Å². The molecule has 2 atom stereocenters. The van der Waals surface area contributed by atoms with Crippen LogP contribution in [0, 0.1) is 5.92 Å². The second-order valence-corrected chi connectivity index (χ2v) is 7.80. The predicted molar refractivity (Wildman–Crippen MR) is 101 cm³/mol. The van der Waals surface area contributed by atoms with Gasteiger partial charge in [-0.05, 0) is 43.5 Å². The number of carbonyl (C=O) groups is 1. The highest BCUT2D eigenvalue weighted by molar-refractivity contribution is 7.89. The average Bonchev–Trinajstić information content (AvgIpc) is 2.60. The zero-order valence-corrected chi connectivity index (χ0v) is 15.7. The minimum atomic E-state index is -3.65. The number of halogens is 1. The van der Waals surface area contributed by atoms with Gasteiger partial charge in [-0.1, -0.05) is 25.0 Å². The summed E-state index contributed by atoms with van der Waals surface area (Å²) in [5.74, 6) is 0.0185. The van der Waals surface area contributed by atoms with Gasteiger partial charge in [0, 0.05) is 18.2 Å². The van der Waals surface area contributed by atoms with E-state index in [-0.39, 0.29) is 41.7 Å². The number of hydrogen-bond acceptors (Lipinski definition) is 4. The Morgan fingerprint density at radius 2 is 2.04 bits per heavy atom. The maximum Gasteiger partial charge on any atom is 0.251 e. The Bertz CT molecular complexity index is 694. The van der Waals surface area contributed by atoms with Crippen LogP contribution in [-0.4, -0.2) is 33.5 Å². The first kappa shape index (κ1) is 21.6. The maximum atomic E-state index is 12.5. The largest absolute Gasteiger partial charge is 0.349 e. The minimum absolute atomic E-state index is 0. The van der Waals surface area contributed by atoms with E-state index in [0.717, 1.165) is 25.7 Å². The lowest BCUT2D eigenvalue weighted by atomic mass is 9.84. The highest BCUT2D eigenvalue weighted by Gasteiger charge is 2.26. The highest BCUT2D eigenvalue weighted by atomic mass is 35.5. The molecule has 1 saturated carbocycles. The van der Waals surface area contributed by atoms with Gasteiger partial charge in [-0.2, -0.15) is 0 Å². The second-order valence-electron chi connectivity index (χ2n) is 6.03. The number of sulfonamides is 1. The first-order valence-corrected chi connectivity index (χ1v) is 9.68. The van der Waals surface area contributed by atoms with E-state index < -0.39 is 10.0 Å². The fraction of sp³-hybridized carbons (Fsp3) is 0.471. The summed E-state index contributed by atoms with van der Waals surface area (Å²) >= 11 is 0. The molecule has 2 unspecified atom stereocenters. The van der Waals surface area contributed by atoms with Crippen LogP contribution in [-0.2, 0) is 10.0 Å². The number of benzene rings is 1. The van der Waals surface area contributed by atoms with E-state index in [4.69, 9.17) is 5.73 Å². The van der Waals surface area contributed by atoms with Gasteiger partial charge in [0.15, 0.2) is 0 Å². The van der Waals surface area contributed by atoms with Gasteiger partial charge >= 0.3 is 0 Å². The average molecular weight is 388 g/mol. The zero-order valence-electron chi connectivity index (χ0n) is 14.1. The van der Waals surface area contributed by atoms with Gasteiger partial charge in [0.05, 0.1) is 4.90 Å². The van der Waals surface area contributed by atoms with Crippen LogP contribution in [0.4, 0.5) is 0 Å². The number of nitrogens with two attached hydrogens (primary N) is 1. The van der Waals surface area contributed by atoms with Crippen molar-refractivity contribution >= 4 is 28.3 Å². The van der Waals surface area contributed by atoms with Crippen LogP contribution in [0.25, 0.3) is 0 Å². The molecule has 0 aliphatic heterocycles. The maximum absolute atomic E-state index is 12.5. The minimum Gasteiger partial charge on any atom is -0.349 e. The summed E-state index contributed by atoms with van der Waals surface area (Å²) in [5.41, 5.74) is 6.12. The van der Waals surface area contributed by atoms with Crippen molar-refractivity contribution in [2.24, 2.45) is 11.7 Å². The van der Waals surface area contributed by atoms with Crippen LogP contribution in [0.5, 0.6) is 0 Å². The molecule has 1 amide bonds. The van der Waals surface area contributed by atoms with Crippen molar-refractivity contribution in [1.82, 2.24) is 10.0 Å². The molecular weight excluding hydrogens is 362 g/mol. The molecule has 25 heavy (non-hydrogen) atoms. The summed E-state index contributed by atoms with van der Waals surface area (Å²) in [6, 6.07) is 6.09. The Hall–Kier alpha value is -1.41. The lowest BCUT2D eigenvalue weighted by Gasteiger charge is -2.31. The molecule has 140 valence electrons. The first-order chi connectivity index (χ1) is 11.5. The van der Waals surface area contributed by atoms with Crippen LogP contribution in [0.15, 0.2) is 41.8 Å². The molecule has 2 rings (SSSR count). The molecule has 4 N–H and O–H groups in total. The SMILES string of the molecule is C=CCNS(=O)(=O)c1cccc(C(=O)NC2CCCCC2CN)c1.Cl. The number of nitrogens with one attached hydrogen (secondary N) is 2. The van der Waals surface area contributed by atoms with Crippen molar-refractivity contribution in [3.05, 3.63) is 42.5 Å². The van der Waals surface area contributed by atoms with Crippen LogP contribution in [0.2, 0.25) is 0 Å². The standard InChI is InChI=1S/C17H25N3O3S.ClH/c1-2-10-19-24(22,23)15-8-5-7-13(11-15)17(21)20-16-9-4-3-6-14(16)12-18;/h2,5,7-8,11,14,16,19H,1,3-4,6,9-10,12,18H2,(H,20,21);1H. The van der Waals surface area contributed by atoms with Gasteiger partial charge in [-0.15, -0.1) is 19.0 Å². The fourth-order valence-electron chi connectivity index (χ4n) is 2.99. The first-order valence-electron chi connectivity index (χ1n) is 8.19. The predicted octanol–water partition coefficient (Wildman–Crippen LogP) is 1.82. The molecule has 1 fully saturated rings. The van der Waals surface area contributed by atoms with Gasteiger partial charge in [0.1, 0.15) is 0 Å². The van der Waals surface area contributed by atoms with Crippen molar-refractivity contribution in [1.29, 1.82) is 0 Å². The fourth-order valence-corrected chi connectivity index (χ4v) is 4.03. The quantitative estimate of drug-likeness (QED) is 0.621. The summed E-state index contributed by atoms with van der Waals surface area (Å²) in [5, 5.41) is 3.01. The molecule has 0 heterocycles. The Morgan fingerprint density at radius 3 is 2.72 bits per heavy atom. The summed E-state index contributed by atoms with van der Waals surface area (Å²) in [4.78, 5) is 12.6. The monoisotopic (exact) mass is 387 g/mol. The third-order valence-electron chi connectivity index (χ3n) is 4.35. The van der Waals surface area contributed by atoms with Gasteiger partial charge in [0.2, 0.25) is 10.0 Å². The summed E-state index contributed by atoms with van der Waals surface area (Å²) in [6.07, 6.45) is 5.59. The normalized spacial score (nSPS) is 20.4. The Balaban J connectivity index is 0.00000312. The van der Waals surface area contributed by atoms with Gasteiger partial charge in [-0.3, -0.25) is 4.79 Å². The van der Waals surface area contributed by atoms with Crippen LogP contribution >= 0.6 is 12.4 Å². The van der Waals surface area contributed by atoms with Crippen LogP contribution in [0.3, 0.4) is 0 Å². The van der Waals surface area contributed by atoms with Gasteiger partial charge < -0.3 is 11.1 Å². The Morgan fingerprint density at radius 1 is 1.32 bits per heavy atom. The van der Waals surface area contributed by atoms with Crippen LogP contribution in [0.1, 0.15) is 36.0 Å². The Kier molecular flexibility index (Phi) is 8.58. The number of amides is 1. The van der Waals surface area contributed by atoms with Crippen molar-refractivity contribution in [2.45, 2.75) is 36.6 Å². The van der Waals surface area contributed by atoms with E-state index in [1.807, 2.05) is 0 Å². The zero-order chi connectivity index (χ0) is 17.6. The van der Waals surface area contributed by atoms with Crippen molar-refractivity contribution in [3.8, 4) is 0 Å². The third-order valence-corrected chi connectivity index (χ3v) is 5.77.